The highest BCUT2D eigenvalue weighted by Gasteiger charge is 2.09. The summed E-state index contributed by atoms with van der Waals surface area (Å²) in [5.74, 6) is -0.618. The number of thiophene rings is 1. The van der Waals surface area contributed by atoms with Gasteiger partial charge >= 0.3 is 0 Å². The van der Waals surface area contributed by atoms with Crippen molar-refractivity contribution in [2.45, 2.75) is 12.7 Å². The van der Waals surface area contributed by atoms with Crippen LogP contribution in [0.15, 0.2) is 35.7 Å². The van der Waals surface area contributed by atoms with Gasteiger partial charge in [0.1, 0.15) is 12.7 Å². The number of ether oxygens (including phenoxy) is 2. The van der Waals surface area contributed by atoms with Crippen LogP contribution in [0.25, 0.3) is 0 Å². The highest BCUT2D eigenvalue weighted by Crippen LogP contribution is 2.18. The lowest BCUT2D eigenvalue weighted by molar-refractivity contribution is 0.00560. The first-order valence-corrected chi connectivity index (χ1v) is 7.17. The van der Waals surface area contributed by atoms with E-state index >= 15 is 0 Å². The van der Waals surface area contributed by atoms with Gasteiger partial charge in [-0.2, -0.15) is 5.26 Å². The summed E-state index contributed by atoms with van der Waals surface area (Å²) in [7, 11) is 0. The molecule has 1 aromatic carbocycles. The third-order valence-corrected chi connectivity index (χ3v) is 3.48. The standard InChI is InChI=1S/C15H14FNO3S/c16-14-6-11(7-17)3-4-15(14)20-9-12(18)8-19-10-13-2-1-5-21-13/h1-6,12,18H,8-10H2. The van der Waals surface area contributed by atoms with Crippen molar-refractivity contribution in [3.05, 3.63) is 52.0 Å². The van der Waals surface area contributed by atoms with Crippen LogP contribution in [0.4, 0.5) is 4.39 Å². The molecule has 0 spiro atoms. The molecule has 2 aromatic rings. The first-order valence-electron chi connectivity index (χ1n) is 6.29. The third kappa shape index (κ3) is 4.83. The first kappa shape index (κ1) is 15.4. The summed E-state index contributed by atoms with van der Waals surface area (Å²) in [5, 5.41) is 20.3. The van der Waals surface area contributed by atoms with Crippen LogP contribution in [0, 0.1) is 17.1 Å². The molecule has 1 heterocycles. The van der Waals surface area contributed by atoms with E-state index in [-0.39, 0.29) is 24.5 Å². The van der Waals surface area contributed by atoms with Crippen LogP contribution in [0.2, 0.25) is 0 Å². The minimum atomic E-state index is -0.847. The van der Waals surface area contributed by atoms with E-state index in [1.54, 1.807) is 11.3 Å². The molecule has 0 aliphatic carbocycles. The summed E-state index contributed by atoms with van der Waals surface area (Å²) in [6.07, 6.45) is -0.847. The maximum absolute atomic E-state index is 13.5. The Morgan fingerprint density at radius 2 is 2.19 bits per heavy atom. The van der Waals surface area contributed by atoms with E-state index < -0.39 is 11.9 Å². The van der Waals surface area contributed by atoms with Crippen LogP contribution in [-0.2, 0) is 11.3 Å². The lowest BCUT2D eigenvalue weighted by Gasteiger charge is -2.13. The van der Waals surface area contributed by atoms with Crippen molar-refractivity contribution >= 4 is 11.3 Å². The molecule has 0 fully saturated rings. The molecule has 1 N–H and O–H groups in total. The van der Waals surface area contributed by atoms with E-state index in [9.17, 15) is 9.50 Å². The molecule has 4 nitrogen and oxygen atoms in total. The Morgan fingerprint density at radius 3 is 2.86 bits per heavy atom. The maximum atomic E-state index is 13.5. The topological polar surface area (TPSA) is 62.5 Å². The second kappa shape index (κ2) is 7.74. The molecule has 0 aliphatic heterocycles. The van der Waals surface area contributed by atoms with Crippen molar-refractivity contribution in [2.75, 3.05) is 13.2 Å². The highest BCUT2D eigenvalue weighted by molar-refractivity contribution is 7.09. The van der Waals surface area contributed by atoms with Crippen molar-refractivity contribution in [1.82, 2.24) is 0 Å². The lowest BCUT2D eigenvalue weighted by Crippen LogP contribution is -2.23. The van der Waals surface area contributed by atoms with E-state index in [2.05, 4.69) is 0 Å². The third-order valence-electron chi connectivity index (χ3n) is 2.63. The monoisotopic (exact) mass is 307 g/mol. The quantitative estimate of drug-likeness (QED) is 0.854. The maximum Gasteiger partial charge on any atom is 0.166 e. The number of nitrogens with zero attached hydrogens (tertiary/aromatic N) is 1. The smallest absolute Gasteiger partial charge is 0.166 e. The summed E-state index contributed by atoms with van der Waals surface area (Å²) in [6.45, 7) is 0.461. The molecule has 0 saturated heterocycles. The number of hydrogen-bond donors (Lipinski definition) is 1. The van der Waals surface area contributed by atoms with Crippen molar-refractivity contribution < 1.29 is 19.0 Å². The molecule has 0 bridgehead atoms. The van der Waals surface area contributed by atoms with Crippen molar-refractivity contribution in [1.29, 1.82) is 5.26 Å². The Morgan fingerprint density at radius 1 is 1.33 bits per heavy atom. The Bertz CT molecular complexity index is 610. The molecule has 0 saturated carbocycles. The van der Waals surface area contributed by atoms with Gasteiger partial charge in [0.05, 0.1) is 24.8 Å². The lowest BCUT2D eigenvalue weighted by atomic mass is 10.2. The SMILES string of the molecule is N#Cc1ccc(OCC(O)COCc2cccs2)c(F)c1. The second-order valence-electron chi connectivity index (χ2n) is 4.32. The molecule has 110 valence electrons. The van der Waals surface area contributed by atoms with Crippen LogP contribution in [-0.4, -0.2) is 24.4 Å². The van der Waals surface area contributed by atoms with Gasteiger partial charge < -0.3 is 14.6 Å². The Labute approximate surface area is 126 Å². The second-order valence-corrected chi connectivity index (χ2v) is 5.35. The summed E-state index contributed by atoms with van der Waals surface area (Å²) in [6, 6.07) is 9.63. The van der Waals surface area contributed by atoms with Gasteiger partial charge in [-0.15, -0.1) is 11.3 Å². The minimum absolute atomic E-state index is 0.00584. The Hall–Kier alpha value is -1.94. The predicted octanol–water partition coefficient (Wildman–Crippen LogP) is 2.72. The van der Waals surface area contributed by atoms with Crippen molar-refractivity contribution in [3.63, 3.8) is 0 Å². The molecule has 1 aromatic heterocycles. The van der Waals surface area contributed by atoms with E-state index in [1.807, 2.05) is 23.6 Å². The highest BCUT2D eigenvalue weighted by atomic mass is 32.1. The Kier molecular flexibility index (Phi) is 5.69. The van der Waals surface area contributed by atoms with Crippen LogP contribution in [0.5, 0.6) is 5.75 Å². The number of rotatable bonds is 7. The summed E-state index contributed by atoms with van der Waals surface area (Å²) >= 11 is 1.58. The number of nitriles is 1. The van der Waals surface area contributed by atoms with Gasteiger partial charge in [-0.25, -0.2) is 4.39 Å². The molecular formula is C15H14FNO3S. The van der Waals surface area contributed by atoms with Gasteiger partial charge in [0, 0.05) is 4.88 Å². The van der Waals surface area contributed by atoms with Gasteiger partial charge in [-0.3, -0.25) is 0 Å². The molecule has 6 heteroatoms. The molecular weight excluding hydrogens is 293 g/mol. The van der Waals surface area contributed by atoms with E-state index in [0.29, 0.717) is 6.61 Å². The van der Waals surface area contributed by atoms with Crippen LogP contribution in [0.1, 0.15) is 10.4 Å². The van der Waals surface area contributed by atoms with Gasteiger partial charge in [-0.1, -0.05) is 6.07 Å². The van der Waals surface area contributed by atoms with Crippen molar-refractivity contribution in [3.8, 4) is 11.8 Å². The van der Waals surface area contributed by atoms with Gasteiger partial charge in [-0.05, 0) is 29.6 Å². The normalized spacial score (nSPS) is 11.9. The van der Waals surface area contributed by atoms with Crippen LogP contribution >= 0.6 is 11.3 Å². The number of aliphatic hydroxyl groups is 1. The van der Waals surface area contributed by atoms with Crippen LogP contribution in [0.3, 0.4) is 0 Å². The minimum Gasteiger partial charge on any atom is -0.488 e. The van der Waals surface area contributed by atoms with E-state index in [1.165, 1.54) is 12.1 Å². The summed E-state index contributed by atoms with van der Waals surface area (Å²) < 4.78 is 24.1. The molecule has 1 unspecified atom stereocenters. The molecule has 0 amide bonds. The fraction of sp³-hybridized carbons (Fsp3) is 0.267. The average molecular weight is 307 g/mol. The number of aliphatic hydroxyl groups excluding tert-OH is 1. The Balaban J connectivity index is 1.73. The summed E-state index contributed by atoms with van der Waals surface area (Å²) in [5.41, 5.74) is 0.222. The number of benzene rings is 1. The summed E-state index contributed by atoms with van der Waals surface area (Å²) in [4.78, 5) is 1.07. The van der Waals surface area contributed by atoms with E-state index in [0.717, 1.165) is 10.9 Å². The zero-order chi connectivity index (χ0) is 15.1. The predicted molar refractivity (Wildman–Crippen MR) is 76.6 cm³/mol. The first-order chi connectivity index (χ1) is 10.2. The van der Waals surface area contributed by atoms with Gasteiger partial charge in [0.25, 0.3) is 0 Å². The fourth-order valence-electron chi connectivity index (χ4n) is 1.61. The molecule has 1 atom stereocenters. The van der Waals surface area contributed by atoms with Crippen LogP contribution < -0.4 is 4.74 Å². The fourth-order valence-corrected chi connectivity index (χ4v) is 2.25. The number of hydrogen-bond acceptors (Lipinski definition) is 5. The number of halogens is 1. The zero-order valence-electron chi connectivity index (χ0n) is 11.2. The van der Waals surface area contributed by atoms with E-state index in [4.69, 9.17) is 14.7 Å². The molecule has 0 radical (unpaired) electrons. The van der Waals surface area contributed by atoms with Crippen molar-refractivity contribution in [2.24, 2.45) is 0 Å². The zero-order valence-corrected chi connectivity index (χ0v) is 12.0. The molecule has 21 heavy (non-hydrogen) atoms. The molecule has 2 rings (SSSR count). The van der Waals surface area contributed by atoms with Gasteiger partial charge in [0.2, 0.25) is 0 Å². The van der Waals surface area contributed by atoms with Gasteiger partial charge in [0.15, 0.2) is 11.6 Å². The largest absolute Gasteiger partial charge is 0.488 e. The average Bonchev–Trinajstić information content (AvgIpc) is 2.99. The molecule has 0 aliphatic rings.